The molecule has 28 heavy (non-hydrogen) atoms. The van der Waals surface area contributed by atoms with Gasteiger partial charge < -0.3 is 9.47 Å². The van der Waals surface area contributed by atoms with Crippen molar-refractivity contribution in [3.05, 3.63) is 65.9 Å². The summed E-state index contributed by atoms with van der Waals surface area (Å²) in [4.78, 5) is 4.49. The largest absolute Gasteiger partial charge is 0.478 e. The maximum absolute atomic E-state index is 5.86. The molecule has 0 amide bonds. The first-order valence-corrected chi connectivity index (χ1v) is 10.3. The van der Waals surface area contributed by atoms with Crippen molar-refractivity contribution < 1.29 is 9.47 Å². The number of hydrogen-bond donors (Lipinski definition) is 0. The Kier molecular flexibility index (Phi) is 11.2. The first-order chi connectivity index (χ1) is 13.4. The molecule has 1 aromatic rings. The lowest BCUT2D eigenvalue weighted by Crippen LogP contribution is -2.19. The molecule has 0 aromatic heterocycles. The number of aryl methyl sites for hydroxylation is 2. The number of unbranched alkanes of at least 4 members (excludes halogenated alkanes) is 1. The van der Waals surface area contributed by atoms with Crippen molar-refractivity contribution in [2.24, 2.45) is 4.99 Å². The molecule has 0 heterocycles. The van der Waals surface area contributed by atoms with Crippen LogP contribution >= 0.6 is 0 Å². The van der Waals surface area contributed by atoms with E-state index in [2.05, 4.69) is 64.0 Å². The van der Waals surface area contributed by atoms with Gasteiger partial charge in [0, 0.05) is 19.2 Å². The molecule has 0 aliphatic heterocycles. The van der Waals surface area contributed by atoms with Crippen LogP contribution in [-0.4, -0.2) is 25.2 Å². The van der Waals surface area contributed by atoms with Crippen LogP contribution < -0.4 is 0 Å². The molecule has 0 spiro atoms. The van der Waals surface area contributed by atoms with E-state index < -0.39 is 0 Å². The molecule has 0 saturated heterocycles. The van der Waals surface area contributed by atoms with Gasteiger partial charge in [0.05, 0.1) is 6.10 Å². The Morgan fingerprint density at radius 2 is 1.93 bits per heavy atom. The predicted molar refractivity (Wildman–Crippen MR) is 122 cm³/mol. The lowest BCUT2D eigenvalue weighted by atomic mass is 9.95. The minimum absolute atomic E-state index is 0.0663. The Bertz CT molecular complexity index is 700. The molecule has 0 bridgehead atoms. The van der Waals surface area contributed by atoms with Crippen molar-refractivity contribution in [1.29, 1.82) is 0 Å². The van der Waals surface area contributed by atoms with Crippen LogP contribution in [0.4, 0.5) is 0 Å². The maximum Gasteiger partial charge on any atom is 0.187 e. The van der Waals surface area contributed by atoms with Gasteiger partial charge in [-0.1, -0.05) is 57.2 Å². The molecule has 1 aromatic carbocycles. The normalized spacial score (nSPS) is 13.0. The summed E-state index contributed by atoms with van der Waals surface area (Å²) in [7, 11) is 0. The van der Waals surface area contributed by atoms with Crippen molar-refractivity contribution in [1.82, 2.24) is 0 Å². The third kappa shape index (κ3) is 8.71. The van der Waals surface area contributed by atoms with Gasteiger partial charge in [-0.15, -0.1) is 0 Å². The zero-order chi connectivity index (χ0) is 20.9. The molecule has 0 radical (unpaired) electrons. The van der Waals surface area contributed by atoms with Crippen LogP contribution in [0.1, 0.15) is 63.1 Å². The van der Waals surface area contributed by atoms with Crippen molar-refractivity contribution in [3.63, 3.8) is 0 Å². The van der Waals surface area contributed by atoms with Crippen LogP contribution in [0.2, 0.25) is 0 Å². The zero-order valence-electron chi connectivity index (χ0n) is 18.4. The summed E-state index contributed by atoms with van der Waals surface area (Å²) in [6.07, 6.45) is 7.71. The van der Waals surface area contributed by atoms with E-state index in [1.165, 1.54) is 11.1 Å². The highest BCUT2D eigenvalue weighted by Gasteiger charge is 2.07. The smallest absolute Gasteiger partial charge is 0.187 e. The van der Waals surface area contributed by atoms with E-state index in [1.807, 2.05) is 13.0 Å². The monoisotopic (exact) mass is 383 g/mol. The first kappa shape index (κ1) is 23.9. The van der Waals surface area contributed by atoms with Gasteiger partial charge in [-0.2, -0.15) is 0 Å². The summed E-state index contributed by atoms with van der Waals surface area (Å²) in [5, 5.41) is 0. The van der Waals surface area contributed by atoms with Gasteiger partial charge in [-0.05, 0) is 62.0 Å². The number of rotatable bonds is 12. The number of aliphatic imine (C=N–C) groups is 1. The van der Waals surface area contributed by atoms with E-state index >= 15 is 0 Å². The quantitative estimate of drug-likeness (QED) is 0.172. The summed E-state index contributed by atoms with van der Waals surface area (Å²) in [6.45, 7) is 20.1. The Hall–Kier alpha value is -2.13. The van der Waals surface area contributed by atoms with Crippen LogP contribution in [0.25, 0.3) is 5.57 Å². The maximum atomic E-state index is 5.86. The standard InChI is InChI=1S/C25H37NO2/c1-8-10-16-27-22(6)18-28-25(11-9-2)26-15-14-20(4)23(7)24-17-19(3)12-13-21(24)5/h12-15,17,22H,4,7-11,16,18H2,1-3,5-6H3/b15-14-,26-25?. The van der Waals surface area contributed by atoms with E-state index in [0.29, 0.717) is 6.61 Å². The van der Waals surface area contributed by atoms with Crippen LogP contribution in [0.15, 0.2) is 54.2 Å². The highest BCUT2D eigenvalue weighted by molar-refractivity contribution is 5.81. The Morgan fingerprint density at radius 1 is 1.18 bits per heavy atom. The van der Waals surface area contributed by atoms with Crippen molar-refractivity contribution in [3.8, 4) is 0 Å². The van der Waals surface area contributed by atoms with Crippen LogP contribution in [0.5, 0.6) is 0 Å². The van der Waals surface area contributed by atoms with Crippen LogP contribution in [0.3, 0.4) is 0 Å². The molecule has 0 fully saturated rings. The van der Waals surface area contributed by atoms with Crippen LogP contribution in [-0.2, 0) is 9.47 Å². The molecule has 1 unspecified atom stereocenters. The van der Waals surface area contributed by atoms with Crippen molar-refractivity contribution in [2.45, 2.75) is 66.4 Å². The third-order valence-electron chi connectivity index (χ3n) is 4.45. The van der Waals surface area contributed by atoms with Gasteiger partial charge in [0.1, 0.15) is 6.61 Å². The third-order valence-corrected chi connectivity index (χ3v) is 4.45. The molecular formula is C25H37NO2. The van der Waals surface area contributed by atoms with Gasteiger partial charge in [0.2, 0.25) is 0 Å². The van der Waals surface area contributed by atoms with Gasteiger partial charge in [-0.3, -0.25) is 0 Å². The van der Waals surface area contributed by atoms with Gasteiger partial charge in [0.25, 0.3) is 0 Å². The summed E-state index contributed by atoms with van der Waals surface area (Å²) >= 11 is 0. The minimum atomic E-state index is 0.0663. The van der Waals surface area contributed by atoms with Gasteiger partial charge >= 0.3 is 0 Å². The molecule has 1 rings (SSSR count). The second-order valence-electron chi connectivity index (χ2n) is 7.26. The second-order valence-corrected chi connectivity index (χ2v) is 7.26. The Balaban J connectivity index is 2.67. The van der Waals surface area contributed by atoms with Crippen molar-refractivity contribution >= 4 is 11.5 Å². The second kappa shape index (κ2) is 13.1. The molecule has 3 heteroatoms. The molecule has 1 atom stereocenters. The highest BCUT2D eigenvalue weighted by atomic mass is 16.5. The molecule has 3 nitrogen and oxygen atoms in total. The Morgan fingerprint density at radius 3 is 2.61 bits per heavy atom. The summed E-state index contributed by atoms with van der Waals surface area (Å²) in [6, 6.07) is 6.36. The lowest BCUT2D eigenvalue weighted by Gasteiger charge is -2.15. The van der Waals surface area contributed by atoms with E-state index in [9.17, 15) is 0 Å². The molecule has 0 aliphatic rings. The van der Waals surface area contributed by atoms with Crippen molar-refractivity contribution in [2.75, 3.05) is 13.2 Å². The average molecular weight is 384 g/mol. The molecular weight excluding hydrogens is 346 g/mol. The van der Waals surface area contributed by atoms with Crippen LogP contribution in [0, 0.1) is 13.8 Å². The van der Waals surface area contributed by atoms with E-state index in [1.54, 1.807) is 6.20 Å². The fraction of sp³-hybridized carbons (Fsp3) is 0.480. The number of ether oxygens (including phenoxy) is 2. The summed E-state index contributed by atoms with van der Waals surface area (Å²) in [5.41, 5.74) is 5.31. The number of allylic oxidation sites excluding steroid dienone is 3. The van der Waals surface area contributed by atoms with Gasteiger partial charge in [-0.25, -0.2) is 4.99 Å². The summed E-state index contributed by atoms with van der Waals surface area (Å²) < 4.78 is 11.6. The molecule has 0 N–H and O–H groups in total. The number of hydrogen-bond acceptors (Lipinski definition) is 3. The topological polar surface area (TPSA) is 30.8 Å². The predicted octanol–water partition coefficient (Wildman–Crippen LogP) is 6.81. The number of benzene rings is 1. The van der Waals surface area contributed by atoms with E-state index in [4.69, 9.17) is 9.47 Å². The first-order valence-electron chi connectivity index (χ1n) is 10.3. The highest BCUT2D eigenvalue weighted by Crippen LogP contribution is 2.25. The summed E-state index contributed by atoms with van der Waals surface area (Å²) in [5.74, 6) is 0.731. The molecule has 0 saturated carbocycles. The van der Waals surface area contributed by atoms with Gasteiger partial charge in [0.15, 0.2) is 5.90 Å². The molecule has 154 valence electrons. The SMILES string of the molecule is C=C(/C=C\N=C(CCC)OCC(C)OCCCC)C(=C)c1cc(C)ccc1C. The fourth-order valence-corrected chi connectivity index (χ4v) is 2.62. The number of nitrogens with zero attached hydrogens (tertiary/aromatic N) is 1. The lowest BCUT2D eigenvalue weighted by molar-refractivity contribution is 0.0268. The van der Waals surface area contributed by atoms with E-state index in [-0.39, 0.29) is 6.10 Å². The fourth-order valence-electron chi connectivity index (χ4n) is 2.62. The average Bonchev–Trinajstić information content (AvgIpc) is 2.67. The molecule has 0 aliphatic carbocycles. The minimum Gasteiger partial charge on any atom is -0.478 e. The Labute approximate surface area is 171 Å². The zero-order valence-corrected chi connectivity index (χ0v) is 18.4. The van der Waals surface area contributed by atoms with E-state index in [0.717, 1.165) is 54.9 Å².